The molecule has 0 spiro atoms. The highest BCUT2D eigenvalue weighted by Gasteiger charge is 2.60. The average molecular weight is 465 g/mol. The van der Waals surface area contributed by atoms with Crippen molar-refractivity contribution >= 4 is 11.9 Å². The van der Waals surface area contributed by atoms with Gasteiger partial charge in [-0.25, -0.2) is 4.79 Å². The molecular weight excluding hydrogens is 424 g/mol. The minimum Gasteiger partial charge on any atom is -0.458 e. The standard InChI is InChI=1S/C26H40O7/c1-8-18(28)25(29)33-21-12-19(31-16(6)27)15(5)11-20-22-14(4)9-10-17(13(2)3)23(22)24(32-20)26(21,7)30/h9,13,17-24,28,30H,5,8,10-12H2,1-4,6-7H3/t17-,18-,19+,20-,21+,22-,23-,24-,26-/m1/s1. The van der Waals surface area contributed by atoms with Gasteiger partial charge >= 0.3 is 11.9 Å². The molecule has 0 aromatic carbocycles. The zero-order chi connectivity index (χ0) is 24.7. The summed E-state index contributed by atoms with van der Waals surface area (Å²) in [4.78, 5) is 24.4. The van der Waals surface area contributed by atoms with Crippen LogP contribution >= 0.6 is 0 Å². The van der Waals surface area contributed by atoms with Gasteiger partial charge in [0.25, 0.3) is 0 Å². The molecule has 0 aromatic rings. The first kappa shape index (κ1) is 25.9. The van der Waals surface area contributed by atoms with Gasteiger partial charge in [-0.15, -0.1) is 0 Å². The summed E-state index contributed by atoms with van der Waals surface area (Å²) in [7, 11) is 0. The van der Waals surface area contributed by atoms with Crippen LogP contribution in [0, 0.1) is 23.7 Å². The van der Waals surface area contributed by atoms with Gasteiger partial charge in [-0.05, 0) is 50.5 Å². The summed E-state index contributed by atoms with van der Waals surface area (Å²) in [6.07, 6.45) is 0.0371. The molecular formula is C26H40O7. The van der Waals surface area contributed by atoms with Gasteiger partial charge in [-0.3, -0.25) is 4.79 Å². The number of hydrogen-bond acceptors (Lipinski definition) is 7. The second kappa shape index (κ2) is 9.88. The van der Waals surface area contributed by atoms with E-state index in [1.54, 1.807) is 13.8 Å². The minimum atomic E-state index is -1.56. The molecule has 1 aliphatic carbocycles. The Labute approximate surface area is 197 Å². The molecule has 0 saturated carbocycles. The van der Waals surface area contributed by atoms with E-state index < -0.39 is 42.0 Å². The van der Waals surface area contributed by atoms with Crippen molar-refractivity contribution in [1.82, 2.24) is 0 Å². The Morgan fingerprint density at radius 3 is 2.58 bits per heavy atom. The van der Waals surface area contributed by atoms with Gasteiger partial charge in [0.05, 0.1) is 12.2 Å². The van der Waals surface area contributed by atoms with E-state index in [1.165, 1.54) is 12.5 Å². The van der Waals surface area contributed by atoms with Crippen LogP contribution in [0.1, 0.15) is 67.2 Å². The third-order valence-corrected chi connectivity index (χ3v) is 7.87. The Morgan fingerprint density at radius 2 is 2.00 bits per heavy atom. The molecule has 33 heavy (non-hydrogen) atoms. The number of hydrogen-bond donors (Lipinski definition) is 2. The summed E-state index contributed by atoms with van der Waals surface area (Å²) in [6, 6.07) is 0. The molecule has 186 valence electrons. The number of allylic oxidation sites excluding steroid dienone is 1. The van der Waals surface area contributed by atoms with Crippen molar-refractivity contribution in [2.45, 2.75) is 103 Å². The van der Waals surface area contributed by atoms with Crippen molar-refractivity contribution in [3.8, 4) is 0 Å². The van der Waals surface area contributed by atoms with Gasteiger partial charge < -0.3 is 24.4 Å². The molecule has 2 heterocycles. The van der Waals surface area contributed by atoms with E-state index in [0.29, 0.717) is 23.8 Å². The summed E-state index contributed by atoms with van der Waals surface area (Å²) in [6.45, 7) is 15.3. The highest BCUT2D eigenvalue weighted by molar-refractivity contribution is 5.74. The quantitative estimate of drug-likeness (QED) is 0.475. The first-order valence-electron chi connectivity index (χ1n) is 12.2. The Hall–Kier alpha value is -1.70. The number of aliphatic hydroxyl groups excluding tert-OH is 1. The zero-order valence-electron chi connectivity index (χ0n) is 20.7. The number of fused-ring (bicyclic) bond motifs is 5. The lowest BCUT2D eigenvalue weighted by Gasteiger charge is -2.45. The predicted molar refractivity (Wildman–Crippen MR) is 123 cm³/mol. The molecule has 2 fully saturated rings. The van der Waals surface area contributed by atoms with Crippen LogP contribution in [-0.4, -0.2) is 58.3 Å². The van der Waals surface area contributed by atoms with E-state index in [9.17, 15) is 19.8 Å². The molecule has 3 aliphatic rings. The van der Waals surface area contributed by atoms with Crippen LogP contribution in [0.25, 0.3) is 0 Å². The fourth-order valence-electron chi connectivity index (χ4n) is 5.98. The van der Waals surface area contributed by atoms with Crippen molar-refractivity contribution in [2.24, 2.45) is 23.7 Å². The molecule has 7 nitrogen and oxygen atoms in total. The minimum absolute atomic E-state index is 0.0466. The van der Waals surface area contributed by atoms with Crippen LogP contribution in [0.3, 0.4) is 0 Å². The smallest absolute Gasteiger partial charge is 0.335 e. The SMILES string of the molecule is C=C1C[C@H]2O[C@H]([C@H]3[C@@H]2C(C)=CC[C@@H]3C(C)C)[C@](C)(O)[C@@H](OC(=O)[C@H](O)CC)C[C@@H]1OC(C)=O. The van der Waals surface area contributed by atoms with E-state index in [0.717, 1.165) is 6.42 Å². The van der Waals surface area contributed by atoms with Crippen LogP contribution < -0.4 is 0 Å². The third kappa shape index (κ3) is 5.05. The summed E-state index contributed by atoms with van der Waals surface area (Å²) >= 11 is 0. The molecule has 2 aliphatic heterocycles. The van der Waals surface area contributed by atoms with Gasteiger partial charge in [0.2, 0.25) is 0 Å². The maximum absolute atomic E-state index is 12.6. The Balaban J connectivity index is 2.07. The largest absolute Gasteiger partial charge is 0.458 e. The van der Waals surface area contributed by atoms with Gasteiger partial charge in [-0.1, -0.05) is 39.0 Å². The van der Waals surface area contributed by atoms with E-state index in [-0.39, 0.29) is 30.8 Å². The number of rotatable bonds is 5. The van der Waals surface area contributed by atoms with E-state index in [4.69, 9.17) is 14.2 Å². The monoisotopic (exact) mass is 464 g/mol. The van der Waals surface area contributed by atoms with Gasteiger partial charge in [0.15, 0.2) is 6.10 Å². The molecule has 2 saturated heterocycles. The lowest BCUT2D eigenvalue weighted by molar-refractivity contribution is -0.200. The van der Waals surface area contributed by atoms with Crippen molar-refractivity contribution < 1.29 is 34.0 Å². The number of carbonyl (C=O) groups excluding carboxylic acids is 2. The molecule has 3 rings (SSSR count). The highest BCUT2D eigenvalue weighted by Crippen LogP contribution is 2.54. The predicted octanol–water partition coefficient (Wildman–Crippen LogP) is 3.32. The second-order valence-corrected chi connectivity index (χ2v) is 10.6. The van der Waals surface area contributed by atoms with Crippen LogP contribution in [0.2, 0.25) is 0 Å². The van der Waals surface area contributed by atoms with Gasteiger partial charge in [-0.2, -0.15) is 0 Å². The molecule has 0 radical (unpaired) electrons. The summed E-state index contributed by atoms with van der Waals surface area (Å²) in [5.74, 6) is -0.463. The number of carbonyl (C=O) groups is 2. The lowest BCUT2D eigenvalue weighted by atomic mass is 9.62. The zero-order valence-corrected chi connectivity index (χ0v) is 20.7. The fourth-order valence-corrected chi connectivity index (χ4v) is 5.98. The Bertz CT molecular complexity index is 798. The maximum Gasteiger partial charge on any atom is 0.335 e. The summed E-state index contributed by atoms with van der Waals surface area (Å²) in [5.41, 5.74) is 0.339. The van der Waals surface area contributed by atoms with Crippen molar-refractivity contribution in [3.63, 3.8) is 0 Å². The number of ether oxygens (including phenoxy) is 3. The third-order valence-electron chi connectivity index (χ3n) is 7.87. The average Bonchev–Trinajstić information content (AvgIpc) is 3.12. The topological polar surface area (TPSA) is 102 Å². The molecule has 0 aromatic heterocycles. The van der Waals surface area contributed by atoms with Gasteiger partial charge in [0, 0.05) is 25.2 Å². The van der Waals surface area contributed by atoms with Crippen LogP contribution in [0.5, 0.6) is 0 Å². The van der Waals surface area contributed by atoms with E-state index >= 15 is 0 Å². The first-order valence-corrected chi connectivity index (χ1v) is 12.2. The van der Waals surface area contributed by atoms with Crippen molar-refractivity contribution in [1.29, 1.82) is 0 Å². The van der Waals surface area contributed by atoms with Crippen molar-refractivity contribution in [2.75, 3.05) is 0 Å². The lowest BCUT2D eigenvalue weighted by Crippen LogP contribution is -2.57. The van der Waals surface area contributed by atoms with Crippen molar-refractivity contribution in [3.05, 3.63) is 23.8 Å². The number of aliphatic hydroxyl groups is 2. The molecule has 0 unspecified atom stereocenters. The van der Waals surface area contributed by atoms with Crippen LogP contribution in [0.15, 0.2) is 23.8 Å². The normalized spacial score (nSPS) is 39.6. The Morgan fingerprint density at radius 1 is 1.33 bits per heavy atom. The first-order chi connectivity index (χ1) is 15.4. The van der Waals surface area contributed by atoms with Gasteiger partial charge in [0.1, 0.15) is 17.8 Å². The number of esters is 2. The second-order valence-electron chi connectivity index (χ2n) is 10.6. The van der Waals surface area contributed by atoms with E-state index in [1.807, 2.05) is 0 Å². The Kier molecular flexibility index (Phi) is 7.76. The fraction of sp³-hybridized carbons (Fsp3) is 0.769. The molecule has 0 amide bonds. The summed E-state index contributed by atoms with van der Waals surface area (Å²) < 4.78 is 17.8. The molecule has 9 atom stereocenters. The molecule has 7 heteroatoms. The molecule has 2 bridgehead atoms. The maximum atomic E-state index is 12.6. The van der Waals surface area contributed by atoms with E-state index in [2.05, 4.69) is 33.4 Å². The molecule has 2 N–H and O–H groups in total. The summed E-state index contributed by atoms with van der Waals surface area (Å²) in [5, 5.41) is 22.0. The van der Waals surface area contributed by atoms with Crippen LogP contribution in [0.4, 0.5) is 0 Å². The van der Waals surface area contributed by atoms with Crippen LogP contribution in [-0.2, 0) is 23.8 Å². The highest BCUT2D eigenvalue weighted by atomic mass is 16.6.